The number of imide groups is 1. The highest BCUT2D eigenvalue weighted by atomic mass is 19.1. The van der Waals surface area contributed by atoms with Gasteiger partial charge in [0, 0.05) is 5.41 Å². The van der Waals surface area contributed by atoms with Crippen LogP contribution in [0.2, 0.25) is 0 Å². The zero-order valence-corrected chi connectivity index (χ0v) is 27.9. The monoisotopic (exact) mass is 605 g/mol. The molecule has 0 bridgehead atoms. The van der Waals surface area contributed by atoms with Gasteiger partial charge in [0.1, 0.15) is 23.6 Å². The Labute approximate surface area is 254 Å². The molecule has 0 aromatic carbocycles. The minimum Gasteiger partial charge on any atom is -0.443 e. The Morgan fingerprint density at radius 3 is 1.91 bits per heavy atom. The molecule has 1 fully saturated rings. The minimum absolute atomic E-state index is 0.0760. The first kappa shape index (κ1) is 34.4. The van der Waals surface area contributed by atoms with Crippen molar-refractivity contribution < 1.29 is 32.9 Å². The fraction of sp³-hybridized carbons (Fsp3) is 0.710. The number of ether oxygens (including phenoxy) is 4. The highest BCUT2D eigenvalue weighted by Gasteiger charge is 2.57. The fourth-order valence-corrected chi connectivity index (χ4v) is 4.74. The molecule has 1 aliphatic rings. The quantitative estimate of drug-likeness (QED) is 0.333. The molecular formula is C31H48FN5O6. The maximum atomic E-state index is 16.6. The number of rotatable bonds is 5. The molecule has 2 amide bonds. The molecule has 4 atom stereocenters. The topological polar surface area (TPSA) is 118 Å². The standard InChI is InChI=1S/C31H48FN5O6/c1-18-21(19(32)22(41-28(5,6)7)31(18,14)15-40-27(2,3)4)36-17-35-20-23(36)33-16-34-24(20)37(25(38)42-29(8,9)10)26(39)43-30(11,12)13/h16-17,19,21-22H,1,15H2,2-14H3/t19?,21-,22+,31?/m1/s1. The summed E-state index contributed by atoms with van der Waals surface area (Å²) in [6, 6.07) is -0.940. The average molecular weight is 606 g/mol. The Balaban J connectivity index is 2.15. The van der Waals surface area contributed by atoms with Crippen LogP contribution in [0.25, 0.3) is 11.2 Å². The smallest absolute Gasteiger partial charge is 0.425 e. The molecule has 2 heterocycles. The Morgan fingerprint density at radius 2 is 1.44 bits per heavy atom. The summed E-state index contributed by atoms with van der Waals surface area (Å²) in [5.41, 5.74) is -3.08. The van der Waals surface area contributed by atoms with E-state index < -0.39 is 58.3 Å². The lowest BCUT2D eigenvalue weighted by Crippen LogP contribution is -2.44. The molecule has 2 aromatic heterocycles. The lowest BCUT2D eigenvalue weighted by atomic mass is 9.83. The summed E-state index contributed by atoms with van der Waals surface area (Å²) >= 11 is 0. The van der Waals surface area contributed by atoms with Crippen molar-refractivity contribution in [1.82, 2.24) is 19.5 Å². The van der Waals surface area contributed by atoms with Crippen molar-refractivity contribution in [2.45, 2.75) is 131 Å². The molecule has 12 heteroatoms. The van der Waals surface area contributed by atoms with Crippen LogP contribution in [-0.2, 0) is 18.9 Å². The van der Waals surface area contributed by atoms with Gasteiger partial charge in [0.2, 0.25) is 0 Å². The van der Waals surface area contributed by atoms with Crippen LogP contribution >= 0.6 is 0 Å². The van der Waals surface area contributed by atoms with E-state index >= 15 is 4.39 Å². The number of aromatic nitrogens is 4. The predicted octanol–water partition coefficient (Wildman–Crippen LogP) is 6.96. The molecule has 43 heavy (non-hydrogen) atoms. The van der Waals surface area contributed by atoms with Crippen LogP contribution in [0.4, 0.5) is 19.8 Å². The van der Waals surface area contributed by atoms with Crippen LogP contribution in [0.15, 0.2) is 24.8 Å². The first-order valence-corrected chi connectivity index (χ1v) is 14.4. The van der Waals surface area contributed by atoms with Gasteiger partial charge in [-0.15, -0.1) is 0 Å². The van der Waals surface area contributed by atoms with Gasteiger partial charge in [0.25, 0.3) is 0 Å². The summed E-state index contributed by atoms with van der Waals surface area (Å²) in [5, 5.41) is 0. The van der Waals surface area contributed by atoms with Gasteiger partial charge < -0.3 is 23.5 Å². The Bertz CT molecular complexity index is 1340. The fourth-order valence-electron chi connectivity index (χ4n) is 4.74. The van der Waals surface area contributed by atoms with Crippen molar-refractivity contribution in [3.8, 4) is 0 Å². The highest BCUT2D eigenvalue weighted by molar-refractivity contribution is 6.12. The number of carbonyl (C=O) groups excluding carboxylic acids is 2. The van der Waals surface area contributed by atoms with Crippen LogP contribution < -0.4 is 4.90 Å². The number of hydrogen-bond acceptors (Lipinski definition) is 9. The first-order chi connectivity index (χ1) is 19.3. The van der Waals surface area contributed by atoms with Crippen LogP contribution in [0.3, 0.4) is 0 Å². The van der Waals surface area contributed by atoms with Crippen LogP contribution in [-0.4, -0.2) is 73.0 Å². The van der Waals surface area contributed by atoms with Gasteiger partial charge in [0.15, 0.2) is 23.2 Å². The number of alkyl halides is 1. The van der Waals surface area contributed by atoms with Crippen molar-refractivity contribution in [3.63, 3.8) is 0 Å². The third-order valence-corrected chi connectivity index (χ3v) is 6.60. The van der Waals surface area contributed by atoms with E-state index in [1.54, 1.807) is 41.5 Å². The van der Waals surface area contributed by atoms with E-state index in [1.165, 1.54) is 17.2 Å². The number of amides is 2. The van der Waals surface area contributed by atoms with Crippen LogP contribution in [0.5, 0.6) is 0 Å². The largest absolute Gasteiger partial charge is 0.443 e. The van der Waals surface area contributed by atoms with Gasteiger partial charge in [-0.1, -0.05) is 13.5 Å². The number of fused-ring (bicyclic) bond motifs is 1. The van der Waals surface area contributed by atoms with E-state index in [9.17, 15) is 9.59 Å². The molecule has 11 nitrogen and oxygen atoms in total. The number of imidazole rings is 1. The lowest BCUT2D eigenvalue weighted by Gasteiger charge is -2.38. The highest BCUT2D eigenvalue weighted by Crippen LogP contribution is 2.53. The van der Waals surface area contributed by atoms with Gasteiger partial charge in [-0.25, -0.2) is 28.9 Å². The Hall–Kier alpha value is -3.12. The van der Waals surface area contributed by atoms with Crippen molar-refractivity contribution in [2.24, 2.45) is 5.41 Å². The van der Waals surface area contributed by atoms with Gasteiger partial charge in [0.05, 0.1) is 30.2 Å². The summed E-state index contributed by atoms with van der Waals surface area (Å²) in [7, 11) is 0. The van der Waals surface area contributed by atoms with Crippen molar-refractivity contribution in [1.29, 1.82) is 0 Å². The predicted molar refractivity (Wildman–Crippen MR) is 162 cm³/mol. The molecule has 2 aromatic rings. The summed E-state index contributed by atoms with van der Waals surface area (Å²) in [6.45, 7) is 27.8. The van der Waals surface area contributed by atoms with Gasteiger partial charge in [-0.2, -0.15) is 4.90 Å². The molecule has 1 saturated carbocycles. The number of nitrogens with zero attached hydrogens (tertiary/aromatic N) is 5. The minimum atomic E-state index is -1.55. The zero-order valence-electron chi connectivity index (χ0n) is 27.9. The Morgan fingerprint density at radius 1 is 0.907 bits per heavy atom. The normalized spacial score (nSPS) is 23.5. The number of halogens is 1. The molecule has 3 rings (SSSR count). The summed E-state index contributed by atoms with van der Waals surface area (Å²) in [4.78, 5) is 40.3. The summed E-state index contributed by atoms with van der Waals surface area (Å²) < 4.78 is 41.6. The molecule has 0 radical (unpaired) electrons. The van der Waals surface area contributed by atoms with Crippen molar-refractivity contribution >= 4 is 29.2 Å². The number of carbonyl (C=O) groups is 2. The molecule has 0 saturated heterocycles. The molecule has 0 N–H and O–H groups in total. The SMILES string of the molecule is C=C1[C@@H](n2cnc3c(N(C(=O)OC(C)(C)C)C(=O)OC(C)(C)C)ncnc32)C(F)[C@H](OC(C)(C)C)C1(C)COC(C)(C)C. The molecule has 1 aliphatic carbocycles. The molecule has 0 aliphatic heterocycles. The lowest BCUT2D eigenvalue weighted by molar-refractivity contribution is -0.145. The van der Waals surface area contributed by atoms with Crippen molar-refractivity contribution in [3.05, 3.63) is 24.8 Å². The molecule has 240 valence electrons. The second kappa shape index (κ2) is 11.4. The van der Waals surface area contributed by atoms with E-state index in [2.05, 4.69) is 21.5 Å². The van der Waals surface area contributed by atoms with Gasteiger partial charge in [-0.05, 0) is 88.7 Å². The van der Waals surface area contributed by atoms with Gasteiger partial charge in [-0.3, -0.25) is 0 Å². The van der Waals surface area contributed by atoms with Gasteiger partial charge >= 0.3 is 12.2 Å². The molecule has 0 spiro atoms. The first-order valence-electron chi connectivity index (χ1n) is 14.4. The number of hydrogen-bond donors (Lipinski definition) is 0. The summed E-state index contributed by atoms with van der Waals surface area (Å²) in [5.74, 6) is -0.160. The second-order valence-corrected chi connectivity index (χ2v) is 15.2. The third kappa shape index (κ3) is 7.89. The molecule has 2 unspecified atom stereocenters. The van der Waals surface area contributed by atoms with Crippen molar-refractivity contribution in [2.75, 3.05) is 11.5 Å². The molecular weight excluding hydrogens is 557 g/mol. The Kier molecular flexibility index (Phi) is 9.13. The number of anilines is 1. The summed E-state index contributed by atoms with van der Waals surface area (Å²) in [6.07, 6.45) is -1.88. The van der Waals surface area contributed by atoms with E-state index in [-0.39, 0.29) is 23.6 Å². The second-order valence-electron chi connectivity index (χ2n) is 15.2. The van der Waals surface area contributed by atoms with E-state index in [0.717, 1.165) is 0 Å². The maximum absolute atomic E-state index is 16.6. The van der Waals surface area contributed by atoms with E-state index in [1.807, 2.05) is 48.5 Å². The maximum Gasteiger partial charge on any atom is 0.425 e. The van der Waals surface area contributed by atoms with E-state index in [4.69, 9.17) is 18.9 Å². The average Bonchev–Trinajstić information content (AvgIpc) is 3.28. The van der Waals surface area contributed by atoms with E-state index in [0.29, 0.717) is 10.5 Å². The zero-order chi connectivity index (χ0) is 32.9. The third-order valence-electron chi connectivity index (χ3n) is 6.60. The van der Waals surface area contributed by atoms with Crippen LogP contribution in [0, 0.1) is 5.41 Å². The van der Waals surface area contributed by atoms with Crippen LogP contribution in [0.1, 0.15) is 96.1 Å².